The number of benzene rings is 1. The molecule has 0 fully saturated rings. The van der Waals surface area contributed by atoms with Crippen molar-refractivity contribution in [2.24, 2.45) is 4.99 Å². The van der Waals surface area contributed by atoms with E-state index in [1.807, 2.05) is 58.2 Å². The van der Waals surface area contributed by atoms with E-state index in [1.54, 1.807) is 7.05 Å². The van der Waals surface area contributed by atoms with E-state index in [4.69, 9.17) is 0 Å². The summed E-state index contributed by atoms with van der Waals surface area (Å²) in [5.41, 5.74) is 1.47. The van der Waals surface area contributed by atoms with Gasteiger partial charge in [-0.25, -0.2) is 0 Å². The lowest BCUT2D eigenvalue weighted by molar-refractivity contribution is 0.0919. The van der Waals surface area contributed by atoms with E-state index >= 15 is 0 Å². The Morgan fingerprint density at radius 3 is 2.68 bits per heavy atom. The topological polar surface area (TPSA) is 56.7 Å². The molecule has 138 valence electrons. The molecule has 0 radical (unpaired) electrons. The fourth-order valence-electron chi connectivity index (χ4n) is 2.38. The number of guanidine groups is 1. The van der Waals surface area contributed by atoms with Gasteiger partial charge in [-0.1, -0.05) is 18.2 Å². The highest BCUT2D eigenvalue weighted by Crippen LogP contribution is 2.08. The largest absolute Gasteiger partial charge is 0.352 e. The molecule has 0 aliphatic heterocycles. The van der Waals surface area contributed by atoms with Crippen LogP contribution in [0.4, 0.5) is 0 Å². The van der Waals surface area contributed by atoms with Crippen molar-refractivity contribution < 1.29 is 4.79 Å². The third kappa shape index (κ3) is 7.88. The molecular weight excluding hydrogens is 312 g/mol. The normalized spacial score (nSPS) is 11.8. The van der Waals surface area contributed by atoms with Gasteiger partial charge in [-0.05, 0) is 51.3 Å². The molecular formula is C20H32N4O. The standard InChI is InChI=1S/C20H32N4O/c1-7-8-9-13-24(6)19(21-5)22-15-16-11-10-12-17(14-16)18(25)23-20(2,3)4/h7,10-12,14H,1,8-9,13,15H2,2-6H3,(H,21,22)(H,23,25). The van der Waals surface area contributed by atoms with Crippen LogP contribution in [0.2, 0.25) is 0 Å². The van der Waals surface area contributed by atoms with Gasteiger partial charge in [0.05, 0.1) is 0 Å². The summed E-state index contributed by atoms with van der Waals surface area (Å²) in [6.45, 7) is 11.2. The summed E-state index contributed by atoms with van der Waals surface area (Å²) in [7, 11) is 3.80. The third-order valence-corrected chi connectivity index (χ3v) is 3.60. The maximum Gasteiger partial charge on any atom is 0.251 e. The molecule has 0 saturated carbocycles. The van der Waals surface area contributed by atoms with E-state index in [1.165, 1.54) is 0 Å². The average molecular weight is 345 g/mol. The average Bonchev–Trinajstić information content (AvgIpc) is 2.54. The van der Waals surface area contributed by atoms with Crippen molar-refractivity contribution in [3.05, 3.63) is 48.0 Å². The summed E-state index contributed by atoms with van der Waals surface area (Å²) < 4.78 is 0. The van der Waals surface area contributed by atoms with Crippen molar-refractivity contribution in [2.45, 2.75) is 45.7 Å². The van der Waals surface area contributed by atoms with Crippen LogP contribution in [-0.4, -0.2) is 42.9 Å². The maximum atomic E-state index is 12.3. The molecule has 0 saturated heterocycles. The molecule has 2 N–H and O–H groups in total. The second kappa shape index (κ2) is 9.87. The van der Waals surface area contributed by atoms with Gasteiger partial charge < -0.3 is 15.5 Å². The number of carbonyl (C=O) groups excluding carboxylic acids is 1. The minimum atomic E-state index is -0.248. The number of unbranched alkanes of at least 4 members (excludes halogenated alkanes) is 1. The predicted molar refractivity (Wildman–Crippen MR) is 106 cm³/mol. The Hall–Kier alpha value is -2.30. The second-order valence-electron chi connectivity index (χ2n) is 7.16. The first-order valence-electron chi connectivity index (χ1n) is 8.71. The molecule has 0 heterocycles. The minimum absolute atomic E-state index is 0.0553. The zero-order valence-electron chi connectivity index (χ0n) is 16.2. The molecule has 0 unspecified atom stereocenters. The molecule has 0 spiro atoms. The van der Waals surface area contributed by atoms with Crippen LogP contribution in [0.5, 0.6) is 0 Å². The van der Waals surface area contributed by atoms with Crippen molar-refractivity contribution in [2.75, 3.05) is 20.6 Å². The number of rotatable bonds is 7. The molecule has 1 aromatic carbocycles. The summed E-state index contributed by atoms with van der Waals surface area (Å²) in [4.78, 5) is 18.7. The van der Waals surface area contributed by atoms with Crippen LogP contribution < -0.4 is 10.6 Å². The van der Waals surface area contributed by atoms with Gasteiger partial charge in [-0.2, -0.15) is 0 Å². The molecule has 0 aliphatic carbocycles. The number of aliphatic imine (C=N–C) groups is 1. The molecule has 0 aliphatic rings. The van der Waals surface area contributed by atoms with Crippen LogP contribution in [0.3, 0.4) is 0 Å². The molecule has 25 heavy (non-hydrogen) atoms. The Morgan fingerprint density at radius 2 is 2.08 bits per heavy atom. The number of hydrogen-bond donors (Lipinski definition) is 2. The van der Waals surface area contributed by atoms with Gasteiger partial charge >= 0.3 is 0 Å². The first kappa shape index (κ1) is 20.7. The summed E-state index contributed by atoms with van der Waals surface area (Å²) in [5, 5.41) is 6.33. The molecule has 0 bridgehead atoms. The van der Waals surface area contributed by atoms with Gasteiger partial charge in [0.1, 0.15) is 0 Å². The number of allylic oxidation sites excluding steroid dienone is 1. The summed E-state index contributed by atoms with van der Waals surface area (Å²) >= 11 is 0. The highest BCUT2D eigenvalue weighted by atomic mass is 16.1. The maximum absolute atomic E-state index is 12.3. The number of amides is 1. The fraction of sp³-hybridized carbons (Fsp3) is 0.500. The molecule has 0 aromatic heterocycles. The Morgan fingerprint density at radius 1 is 1.36 bits per heavy atom. The number of nitrogens with one attached hydrogen (secondary N) is 2. The SMILES string of the molecule is C=CCCCN(C)C(=NC)NCc1cccc(C(=O)NC(C)(C)C)c1. The van der Waals surface area contributed by atoms with Crippen molar-refractivity contribution in [3.63, 3.8) is 0 Å². The molecule has 0 atom stereocenters. The van der Waals surface area contributed by atoms with E-state index in [9.17, 15) is 4.79 Å². The van der Waals surface area contributed by atoms with Crippen molar-refractivity contribution in [3.8, 4) is 0 Å². The Balaban J connectivity index is 2.66. The molecule has 1 amide bonds. The number of carbonyl (C=O) groups is 1. The van der Waals surface area contributed by atoms with E-state index in [0.717, 1.165) is 30.9 Å². The van der Waals surface area contributed by atoms with Gasteiger partial charge in [-0.15, -0.1) is 6.58 Å². The lowest BCUT2D eigenvalue weighted by Gasteiger charge is -2.22. The molecule has 1 aromatic rings. The Labute approximate surface area is 152 Å². The molecule has 1 rings (SSSR count). The van der Waals surface area contributed by atoms with Gasteiger partial charge in [-0.3, -0.25) is 9.79 Å². The lowest BCUT2D eigenvalue weighted by atomic mass is 10.1. The molecule has 5 nitrogen and oxygen atoms in total. The van der Waals surface area contributed by atoms with Crippen LogP contribution >= 0.6 is 0 Å². The monoisotopic (exact) mass is 344 g/mol. The van der Waals surface area contributed by atoms with Gasteiger partial charge in [0, 0.05) is 38.3 Å². The first-order valence-corrected chi connectivity index (χ1v) is 8.71. The lowest BCUT2D eigenvalue weighted by Crippen LogP contribution is -2.40. The summed E-state index contributed by atoms with van der Waals surface area (Å²) in [6, 6.07) is 7.66. The zero-order valence-corrected chi connectivity index (χ0v) is 16.2. The number of nitrogens with zero attached hydrogens (tertiary/aromatic N) is 2. The van der Waals surface area contributed by atoms with Crippen LogP contribution in [0.1, 0.15) is 49.5 Å². The summed E-state index contributed by atoms with van der Waals surface area (Å²) in [6.07, 6.45) is 3.97. The quantitative estimate of drug-likeness (QED) is 0.346. The van der Waals surface area contributed by atoms with Crippen LogP contribution in [0, 0.1) is 0 Å². The van der Waals surface area contributed by atoms with Crippen molar-refractivity contribution in [1.82, 2.24) is 15.5 Å². The van der Waals surface area contributed by atoms with E-state index < -0.39 is 0 Å². The molecule has 5 heteroatoms. The van der Waals surface area contributed by atoms with Crippen molar-refractivity contribution >= 4 is 11.9 Å². The van der Waals surface area contributed by atoms with Crippen LogP contribution in [0.15, 0.2) is 41.9 Å². The van der Waals surface area contributed by atoms with Gasteiger partial charge in [0.25, 0.3) is 5.91 Å². The predicted octanol–water partition coefficient (Wildman–Crippen LogP) is 3.19. The Kier molecular flexibility index (Phi) is 8.19. The summed E-state index contributed by atoms with van der Waals surface area (Å²) in [5.74, 6) is 0.786. The van der Waals surface area contributed by atoms with Crippen LogP contribution in [-0.2, 0) is 6.54 Å². The van der Waals surface area contributed by atoms with E-state index in [2.05, 4.69) is 27.1 Å². The van der Waals surface area contributed by atoms with E-state index in [0.29, 0.717) is 12.1 Å². The van der Waals surface area contributed by atoms with Gasteiger partial charge in [0.2, 0.25) is 0 Å². The van der Waals surface area contributed by atoms with Crippen LogP contribution in [0.25, 0.3) is 0 Å². The van der Waals surface area contributed by atoms with Gasteiger partial charge in [0.15, 0.2) is 5.96 Å². The van der Waals surface area contributed by atoms with E-state index in [-0.39, 0.29) is 11.4 Å². The van der Waals surface area contributed by atoms with Crippen molar-refractivity contribution in [1.29, 1.82) is 0 Å². The fourth-order valence-corrected chi connectivity index (χ4v) is 2.38. The zero-order chi connectivity index (χ0) is 18.9. The highest BCUT2D eigenvalue weighted by Gasteiger charge is 2.15. The minimum Gasteiger partial charge on any atom is -0.352 e. The third-order valence-electron chi connectivity index (χ3n) is 3.60. The second-order valence-corrected chi connectivity index (χ2v) is 7.16. The smallest absolute Gasteiger partial charge is 0.251 e. The number of hydrogen-bond acceptors (Lipinski definition) is 2. The first-order chi connectivity index (χ1) is 11.8. The Bertz CT molecular complexity index is 602. The highest BCUT2D eigenvalue weighted by molar-refractivity contribution is 5.94.